The molecule has 0 heterocycles. The van der Waals surface area contributed by atoms with Crippen molar-refractivity contribution in [3.8, 4) is 0 Å². The number of nitrogens with one attached hydrogen (secondary N) is 1. The predicted molar refractivity (Wildman–Crippen MR) is 53.9 cm³/mol. The molecule has 0 aliphatic heterocycles. The van der Waals surface area contributed by atoms with Crippen molar-refractivity contribution in [1.82, 2.24) is 5.32 Å². The molecule has 0 aromatic rings. The molecule has 0 saturated heterocycles. The number of rotatable bonds is 7. The number of aldehydes is 1. The number of hydrogen-bond donors (Lipinski definition) is 5. The van der Waals surface area contributed by atoms with Crippen LogP contribution in [0, 0.1) is 0 Å². The molecule has 0 bridgehead atoms. The number of aliphatic carboxylic acids is 1. The van der Waals surface area contributed by atoms with Crippen LogP contribution >= 0.6 is 0 Å². The van der Waals surface area contributed by atoms with E-state index in [1.807, 2.05) is 0 Å². The smallest absolute Gasteiger partial charge is 0.306 e. The lowest BCUT2D eigenvalue weighted by Gasteiger charge is -2.28. The van der Waals surface area contributed by atoms with Crippen LogP contribution in [0.4, 0.5) is 0 Å². The number of aliphatic hydroxyl groups is 3. The third-order valence-electron chi connectivity index (χ3n) is 2.03. The Morgan fingerprint density at radius 1 is 1.29 bits per heavy atom. The molecule has 98 valence electrons. The number of amides is 1. The second-order valence-corrected chi connectivity index (χ2v) is 3.51. The monoisotopic (exact) mass is 249 g/mol. The van der Waals surface area contributed by atoms with Gasteiger partial charge in [0.05, 0.1) is 18.6 Å². The van der Waals surface area contributed by atoms with Crippen LogP contribution < -0.4 is 5.32 Å². The Morgan fingerprint density at radius 3 is 2.18 bits per heavy atom. The van der Waals surface area contributed by atoms with Gasteiger partial charge >= 0.3 is 5.97 Å². The molecule has 8 nitrogen and oxygen atoms in total. The van der Waals surface area contributed by atoms with Gasteiger partial charge in [-0.25, -0.2) is 0 Å². The van der Waals surface area contributed by atoms with Crippen molar-refractivity contribution in [2.75, 3.05) is 0 Å². The summed E-state index contributed by atoms with van der Waals surface area (Å²) in [6.07, 6.45) is -5.96. The van der Waals surface area contributed by atoms with E-state index in [-0.39, 0.29) is 6.29 Å². The predicted octanol–water partition coefficient (Wildman–Crippen LogP) is -2.75. The molecule has 17 heavy (non-hydrogen) atoms. The average Bonchev–Trinajstić information content (AvgIpc) is 2.22. The largest absolute Gasteiger partial charge is 0.481 e. The number of aliphatic hydroxyl groups excluding tert-OH is 3. The fourth-order valence-corrected chi connectivity index (χ4v) is 1.24. The summed E-state index contributed by atoms with van der Waals surface area (Å²) >= 11 is 0. The molecule has 4 atom stereocenters. The molecule has 0 fully saturated rings. The Kier molecular flexibility index (Phi) is 6.33. The highest BCUT2D eigenvalue weighted by molar-refractivity contribution is 5.74. The number of carboxylic acids is 1. The van der Waals surface area contributed by atoms with Gasteiger partial charge in [-0.1, -0.05) is 0 Å². The summed E-state index contributed by atoms with van der Waals surface area (Å²) in [7, 11) is 0. The van der Waals surface area contributed by atoms with E-state index in [0.717, 1.165) is 6.92 Å². The van der Waals surface area contributed by atoms with Gasteiger partial charge in [0.25, 0.3) is 0 Å². The van der Waals surface area contributed by atoms with E-state index in [1.165, 1.54) is 0 Å². The summed E-state index contributed by atoms with van der Waals surface area (Å²) in [6, 6.07) is -1.44. The van der Waals surface area contributed by atoms with E-state index < -0.39 is 42.7 Å². The number of carbonyl (C=O) groups is 3. The van der Waals surface area contributed by atoms with Crippen LogP contribution in [-0.2, 0) is 14.4 Å². The van der Waals surface area contributed by atoms with Crippen molar-refractivity contribution < 1.29 is 34.8 Å². The highest BCUT2D eigenvalue weighted by atomic mass is 16.4. The summed E-state index contributed by atoms with van der Waals surface area (Å²) < 4.78 is 0. The number of carboxylic acid groups (broad SMARTS) is 1. The fraction of sp³-hybridized carbons (Fsp3) is 0.667. The van der Waals surface area contributed by atoms with Crippen molar-refractivity contribution >= 4 is 18.2 Å². The molecule has 5 N–H and O–H groups in total. The molecule has 0 aromatic heterocycles. The Balaban J connectivity index is 4.78. The maximum Gasteiger partial charge on any atom is 0.306 e. The number of hydrogen-bond acceptors (Lipinski definition) is 6. The third kappa shape index (κ3) is 5.38. The first-order valence-corrected chi connectivity index (χ1v) is 4.78. The fourth-order valence-electron chi connectivity index (χ4n) is 1.24. The van der Waals surface area contributed by atoms with E-state index in [9.17, 15) is 24.6 Å². The van der Waals surface area contributed by atoms with Crippen molar-refractivity contribution in [1.29, 1.82) is 0 Å². The normalized spacial score (nSPS) is 17.6. The molecular formula is C9H15NO7. The van der Waals surface area contributed by atoms with Crippen LogP contribution in [0.1, 0.15) is 13.3 Å². The first kappa shape index (κ1) is 15.5. The Hall–Kier alpha value is -1.51. The minimum absolute atomic E-state index is 0.0208. The maximum absolute atomic E-state index is 10.8. The molecular weight excluding hydrogens is 234 g/mol. The first-order valence-electron chi connectivity index (χ1n) is 4.78. The molecule has 0 aliphatic rings. The van der Waals surface area contributed by atoms with Crippen molar-refractivity contribution in [3.05, 3.63) is 0 Å². The van der Waals surface area contributed by atoms with Gasteiger partial charge in [0.2, 0.25) is 5.91 Å². The molecule has 8 heteroatoms. The van der Waals surface area contributed by atoms with Crippen molar-refractivity contribution in [2.45, 2.75) is 37.7 Å². The highest BCUT2D eigenvalue weighted by Crippen LogP contribution is 2.07. The molecule has 4 unspecified atom stereocenters. The van der Waals surface area contributed by atoms with Gasteiger partial charge in [-0.15, -0.1) is 0 Å². The quantitative estimate of drug-likeness (QED) is 0.307. The van der Waals surface area contributed by atoms with Gasteiger partial charge in [0, 0.05) is 6.92 Å². The van der Waals surface area contributed by atoms with E-state index in [2.05, 4.69) is 5.32 Å². The summed E-state index contributed by atoms with van der Waals surface area (Å²) in [6.45, 7) is 1.08. The molecule has 0 radical (unpaired) electrons. The zero-order valence-electron chi connectivity index (χ0n) is 9.11. The summed E-state index contributed by atoms with van der Waals surface area (Å²) in [5.41, 5.74) is 0. The van der Waals surface area contributed by atoms with Crippen LogP contribution in [0.5, 0.6) is 0 Å². The number of carbonyl (C=O) groups excluding carboxylic acids is 2. The van der Waals surface area contributed by atoms with Crippen LogP contribution in [0.3, 0.4) is 0 Å². The molecule has 0 saturated carbocycles. The maximum atomic E-state index is 10.8. The van der Waals surface area contributed by atoms with Gasteiger partial charge in [-0.3, -0.25) is 9.59 Å². The summed E-state index contributed by atoms with van der Waals surface area (Å²) in [4.78, 5) is 31.4. The summed E-state index contributed by atoms with van der Waals surface area (Å²) in [5.74, 6) is -1.99. The molecule has 0 aliphatic carbocycles. The minimum Gasteiger partial charge on any atom is -0.481 e. The Labute approximate surface area is 96.9 Å². The molecule has 1 amide bonds. The van der Waals surface area contributed by atoms with Gasteiger partial charge in [0.1, 0.15) is 12.2 Å². The zero-order chi connectivity index (χ0) is 13.6. The second kappa shape index (κ2) is 6.94. The summed E-state index contributed by atoms with van der Waals surface area (Å²) in [5, 5.41) is 38.5. The second-order valence-electron chi connectivity index (χ2n) is 3.51. The third-order valence-corrected chi connectivity index (χ3v) is 2.03. The Bertz CT molecular complexity index is 293. The van der Waals surface area contributed by atoms with Crippen LogP contribution in [0.25, 0.3) is 0 Å². The van der Waals surface area contributed by atoms with Gasteiger partial charge in [-0.2, -0.15) is 0 Å². The van der Waals surface area contributed by atoms with Crippen LogP contribution in [0.2, 0.25) is 0 Å². The van der Waals surface area contributed by atoms with E-state index >= 15 is 0 Å². The molecule has 0 aromatic carbocycles. The Morgan fingerprint density at radius 2 is 1.82 bits per heavy atom. The highest BCUT2D eigenvalue weighted by Gasteiger charge is 2.33. The van der Waals surface area contributed by atoms with Gasteiger partial charge < -0.3 is 30.5 Å². The average molecular weight is 249 g/mol. The standard InChI is InChI=1S/C9H15NO7/c1-4(12)10-8(5(13)2-7(15)16)9(17)6(14)3-11/h3,5-6,8-9,13-14,17H,2H2,1H3,(H,10,12)(H,15,16). The van der Waals surface area contributed by atoms with E-state index in [4.69, 9.17) is 10.2 Å². The topological polar surface area (TPSA) is 144 Å². The first-order chi connectivity index (χ1) is 7.79. The zero-order valence-corrected chi connectivity index (χ0v) is 9.11. The molecule has 0 rings (SSSR count). The lowest BCUT2D eigenvalue weighted by molar-refractivity contribution is -0.142. The van der Waals surface area contributed by atoms with Crippen molar-refractivity contribution in [2.24, 2.45) is 0 Å². The van der Waals surface area contributed by atoms with E-state index in [0.29, 0.717) is 0 Å². The minimum atomic E-state index is -1.82. The van der Waals surface area contributed by atoms with E-state index in [1.54, 1.807) is 0 Å². The van der Waals surface area contributed by atoms with Crippen LogP contribution in [-0.4, -0.2) is 62.9 Å². The SMILES string of the molecule is CC(=O)NC(C(O)CC(=O)O)C(O)C(O)C=O. The lowest BCUT2D eigenvalue weighted by Crippen LogP contribution is -2.55. The van der Waals surface area contributed by atoms with Gasteiger partial charge in [-0.05, 0) is 0 Å². The van der Waals surface area contributed by atoms with Crippen molar-refractivity contribution in [3.63, 3.8) is 0 Å². The van der Waals surface area contributed by atoms with Gasteiger partial charge in [0.15, 0.2) is 6.29 Å². The molecule has 0 spiro atoms. The lowest BCUT2D eigenvalue weighted by atomic mass is 9.98. The van der Waals surface area contributed by atoms with Crippen LogP contribution in [0.15, 0.2) is 0 Å².